The Morgan fingerprint density at radius 3 is 3.20 bits per heavy atom. The third-order valence-electron chi connectivity index (χ3n) is 3.34. The molecule has 0 aromatic rings. The molecule has 0 radical (unpaired) electrons. The molecule has 1 amide bonds. The molecular weight excluding hydrogens is 208 g/mol. The lowest BCUT2D eigenvalue weighted by atomic mass is 9.94. The number of nitrogens with one attached hydrogen (secondary N) is 1. The number of nitrogens with zero attached hydrogens (tertiary/aromatic N) is 1. The van der Waals surface area contributed by atoms with Crippen LogP contribution >= 0.6 is 11.8 Å². The average molecular weight is 228 g/mol. The number of hydrogen-bond acceptors (Lipinski definition) is 3. The SMILES string of the molecule is CCSCCN1CC2NCCCC2C1=O. The normalized spacial score (nSPS) is 30.7. The number of thioether (sulfide) groups is 1. The van der Waals surface area contributed by atoms with Crippen molar-refractivity contribution in [1.29, 1.82) is 0 Å². The number of carbonyl (C=O) groups excluding carboxylic acids is 1. The van der Waals surface area contributed by atoms with Crippen molar-refractivity contribution >= 4 is 17.7 Å². The van der Waals surface area contributed by atoms with Crippen molar-refractivity contribution in [3.63, 3.8) is 0 Å². The first-order valence-electron chi connectivity index (χ1n) is 5.93. The molecular formula is C11H20N2OS. The van der Waals surface area contributed by atoms with Crippen LogP contribution in [-0.4, -0.2) is 48.0 Å². The molecule has 2 aliphatic heterocycles. The molecule has 2 unspecified atom stereocenters. The highest BCUT2D eigenvalue weighted by Crippen LogP contribution is 2.26. The van der Waals surface area contributed by atoms with Crippen LogP contribution in [0, 0.1) is 5.92 Å². The summed E-state index contributed by atoms with van der Waals surface area (Å²) in [5, 5.41) is 3.46. The second kappa shape index (κ2) is 5.21. The summed E-state index contributed by atoms with van der Waals surface area (Å²) in [6.07, 6.45) is 2.25. The van der Waals surface area contributed by atoms with E-state index in [0.717, 1.165) is 44.0 Å². The Bertz CT molecular complexity index is 235. The molecule has 2 rings (SSSR count). The lowest BCUT2D eigenvalue weighted by molar-refractivity contribution is -0.131. The highest BCUT2D eigenvalue weighted by atomic mass is 32.2. The maximum atomic E-state index is 12.0. The summed E-state index contributed by atoms with van der Waals surface area (Å²) in [4.78, 5) is 14.1. The topological polar surface area (TPSA) is 32.3 Å². The minimum atomic E-state index is 0.283. The zero-order chi connectivity index (χ0) is 10.7. The lowest BCUT2D eigenvalue weighted by Gasteiger charge is -2.23. The number of carbonyl (C=O) groups is 1. The predicted molar refractivity (Wildman–Crippen MR) is 64.1 cm³/mol. The van der Waals surface area contributed by atoms with Crippen molar-refractivity contribution in [3.8, 4) is 0 Å². The maximum Gasteiger partial charge on any atom is 0.227 e. The Morgan fingerprint density at radius 1 is 1.60 bits per heavy atom. The van der Waals surface area contributed by atoms with E-state index < -0.39 is 0 Å². The average Bonchev–Trinajstić information content (AvgIpc) is 2.57. The summed E-state index contributed by atoms with van der Waals surface area (Å²) in [7, 11) is 0. The minimum Gasteiger partial charge on any atom is -0.340 e. The number of amides is 1. The zero-order valence-corrected chi connectivity index (χ0v) is 10.2. The van der Waals surface area contributed by atoms with Crippen LogP contribution in [0.3, 0.4) is 0 Å². The predicted octanol–water partition coefficient (Wildman–Crippen LogP) is 0.950. The van der Waals surface area contributed by atoms with Gasteiger partial charge in [-0.1, -0.05) is 6.92 Å². The highest BCUT2D eigenvalue weighted by Gasteiger charge is 2.40. The molecule has 0 bridgehead atoms. The molecule has 0 saturated carbocycles. The summed E-state index contributed by atoms with van der Waals surface area (Å²) in [5.74, 6) is 2.91. The number of hydrogen-bond donors (Lipinski definition) is 1. The summed E-state index contributed by atoms with van der Waals surface area (Å²) < 4.78 is 0. The summed E-state index contributed by atoms with van der Waals surface area (Å²) in [6, 6.07) is 0.442. The van der Waals surface area contributed by atoms with Gasteiger partial charge < -0.3 is 10.2 Å². The van der Waals surface area contributed by atoms with E-state index in [1.807, 2.05) is 11.8 Å². The zero-order valence-electron chi connectivity index (χ0n) is 9.37. The van der Waals surface area contributed by atoms with Gasteiger partial charge in [0.05, 0.1) is 5.92 Å². The van der Waals surface area contributed by atoms with Crippen molar-refractivity contribution in [2.75, 3.05) is 31.1 Å². The van der Waals surface area contributed by atoms with Crippen LogP contribution in [0.2, 0.25) is 0 Å². The first kappa shape index (κ1) is 11.3. The van der Waals surface area contributed by atoms with Gasteiger partial charge in [-0.15, -0.1) is 0 Å². The number of likely N-dealkylation sites (tertiary alicyclic amines) is 1. The van der Waals surface area contributed by atoms with E-state index in [0.29, 0.717) is 11.9 Å². The van der Waals surface area contributed by atoms with Gasteiger partial charge in [-0.05, 0) is 25.1 Å². The third kappa shape index (κ3) is 2.48. The van der Waals surface area contributed by atoms with Crippen molar-refractivity contribution in [1.82, 2.24) is 10.2 Å². The van der Waals surface area contributed by atoms with E-state index in [1.165, 1.54) is 0 Å². The fourth-order valence-electron chi connectivity index (χ4n) is 2.52. The molecule has 2 atom stereocenters. The third-order valence-corrected chi connectivity index (χ3v) is 4.22. The smallest absolute Gasteiger partial charge is 0.227 e. The second-order valence-electron chi connectivity index (χ2n) is 4.29. The standard InChI is InChI=1S/C11H20N2OS/c1-2-15-7-6-13-8-10-9(11(13)14)4-3-5-12-10/h9-10,12H,2-8H2,1H3. The summed E-state index contributed by atoms with van der Waals surface area (Å²) in [6.45, 7) is 5.13. The number of rotatable bonds is 4. The van der Waals surface area contributed by atoms with Crippen LogP contribution in [0.4, 0.5) is 0 Å². The Balaban J connectivity index is 1.84. The van der Waals surface area contributed by atoms with Crippen molar-refractivity contribution < 1.29 is 4.79 Å². The Hall–Kier alpha value is -0.220. The van der Waals surface area contributed by atoms with Crippen LogP contribution in [0.25, 0.3) is 0 Å². The van der Waals surface area contributed by atoms with Gasteiger partial charge in [-0.25, -0.2) is 0 Å². The van der Waals surface area contributed by atoms with Gasteiger partial charge in [0.25, 0.3) is 0 Å². The van der Waals surface area contributed by atoms with E-state index in [-0.39, 0.29) is 5.92 Å². The largest absolute Gasteiger partial charge is 0.340 e. The molecule has 0 spiro atoms. The molecule has 0 aromatic heterocycles. The fraction of sp³-hybridized carbons (Fsp3) is 0.909. The molecule has 2 saturated heterocycles. The van der Waals surface area contributed by atoms with Gasteiger partial charge in [0.1, 0.15) is 0 Å². The summed E-state index contributed by atoms with van der Waals surface area (Å²) in [5.41, 5.74) is 0. The summed E-state index contributed by atoms with van der Waals surface area (Å²) >= 11 is 1.92. The fourth-order valence-corrected chi connectivity index (χ4v) is 3.16. The Morgan fingerprint density at radius 2 is 2.47 bits per heavy atom. The van der Waals surface area contributed by atoms with E-state index in [9.17, 15) is 4.79 Å². The van der Waals surface area contributed by atoms with Crippen LogP contribution in [0.1, 0.15) is 19.8 Å². The van der Waals surface area contributed by atoms with Gasteiger partial charge in [-0.2, -0.15) is 11.8 Å². The van der Waals surface area contributed by atoms with Crippen LogP contribution in [0.15, 0.2) is 0 Å². The molecule has 86 valence electrons. The molecule has 15 heavy (non-hydrogen) atoms. The number of piperidine rings is 1. The quantitative estimate of drug-likeness (QED) is 0.727. The first-order valence-corrected chi connectivity index (χ1v) is 7.08. The minimum absolute atomic E-state index is 0.283. The number of fused-ring (bicyclic) bond motifs is 1. The molecule has 2 aliphatic rings. The molecule has 4 heteroatoms. The maximum absolute atomic E-state index is 12.0. The van der Waals surface area contributed by atoms with Gasteiger partial charge in [0, 0.05) is 24.9 Å². The van der Waals surface area contributed by atoms with Gasteiger partial charge in [0.15, 0.2) is 0 Å². The molecule has 0 aliphatic carbocycles. The lowest BCUT2D eigenvalue weighted by Crippen LogP contribution is -2.41. The highest BCUT2D eigenvalue weighted by molar-refractivity contribution is 7.99. The van der Waals surface area contributed by atoms with Crippen molar-refractivity contribution in [3.05, 3.63) is 0 Å². The van der Waals surface area contributed by atoms with E-state index in [1.54, 1.807) is 0 Å². The van der Waals surface area contributed by atoms with Gasteiger partial charge >= 0.3 is 0 Å². The van der Waals surface area contributed by atoms with Gasteiger partial charge in [-0.3, -0.25) is 4.79 Å². The van der Waals surface area contributed by atoms with Crippen LogP contribution in [-0.2, 0) is 4.79 Å². The molecule has 3 nitrogen and oxygen atoms in total. The Kier molecular flexibility index (Phi) is 3.92. The van der Waals surface area contributed by atoms with E-state index >= 15 is 0 Å². The van der Waals surface area contributed by atoms with Crippen LogP contribution in [0.5, 0.6) is 0 Å². The van der Waals surface area contributed by atoms with E-state index in [2.05, 4.69) is 17.1 Å². The van der Waals surface area contributed by atoms with Crippen molar-refractivity contribution in [2.45, 2.75) is 25.8 Å². The monoisotopic (exact) mass is 228 g/mol. The Labute approximate surface area is 96.0 Å². The van der Waals surface area contributed by atoms with Gasteiger partial charge in [0.2, 0.25) is 5.91 Å². The van der Waals surface area contributed by atoms with Crippen molar-refractivity contribution in [2.24, 2.45) is 5.92 Å². The second-order valence-corrected chi connectivity index (χ2v) is 5.68. The molecule has 2 heterocycles. The van der Waals surface area contributed by atoms with Crippen LogP contribution < -0.4 is 5.32 Å². The molecule has 2 fully saturated rings. The van der Waals surface area contributed by atoms with E-state index in [4.69, 9.17) is 0 Å². The first-order chi connectivity index (χ1) is 7.33. The molecule has 1 N–H and O–H groups in total. The molecule has 0 aromatic carbocycles.